The lowest BCUT2D eigenvalue weighted by Gasteiger charge is -2.16. The van der Waals surface area contributed by atoms with Gasteiger partial charge in [-0.25, -0.2) is 0 Å². The van der Waals surface area contributed by atoms with Crippen LogP contribution in [0.1, 0.15) is 17.2 Å². The average Bonchev–Trinajstić information content (AvgIpc) is 2.46. The number of nitro groups is 1. The van der Waals surface area contributed by atoms with Gasteiger partial charge in [0.1, 0.15) is 0 Å². The summed E-state index contributed by atoms with van der Waals surface area (Å²) < 4.78 is 0. The molecule has 5 nitrogen and oxygen atoms in total. The Balaban J connectivity index is 2.12. The molecule has 1 aromatic heterocycles. The second-order valence-electron chi connectivity index (χ2n) is 4.25. The molecule has 0 fully saturated rings. The first-order chi connectivity index (χ1) is 9.20. The van der Waals surface area contributed by atoms with E-state index in [0.717, 1.165) is 17.5 Å². The summed E-state index contributed by atoms with van der Waals surface area (Å²) in [5.74, 6) is 0. The second kappa shape index (κ2) is 6.06. The number of aromatic nitrogens is 1. The van der Waals surface area contributed by atoms with E-state index in [0.29, 0.717) is 0 Å². The van der Waals surface area contributed by atoms with E-state index in [1.54, 1.807) is 24.5 Å². The molecule has 0 saturated heterocycles. The van der Waals surface area contributed by atoms with Gasteiger partial charge in [0.25, 0.3) is 5.69 Å². The first-order valence-electron chi connectivity index (χ1n) is 6.01. The number of nitro benzene ring substituents is 1. The van der Waals surface area contributed by atoms with E-state index in [4.69, 9.17) is 0 Å². The van der Waals surface area contributed by atoms with Crippen LogP contribution in [0, 0.1) is 10.1 Å². The van der Waals surface area contributed by atoms with E-state index >= 15 is 0 Å². The summed E-state index contributed by atoms with van der Waals surface area (Å²) in [6.07, 6.45) is 4.30. The number of rotatable bonds is 5. The van der Waals surface area contributed by atoms with Gasteiger partial charge in [-0.2, -0.15) is 0 Å². The maximum absolute atomic E-state index is 10.6. The molecule has 0 radical (unpaired) electrons. The summed E-state index contributed by atoms with van der Waals surface area (Å²) in [5, 5.41) is 13.8. The van der Waals surface area contributed by atoms with Gasteiger partial charge in [-0.1, -0.05) is 12.1 Å². The lowest BCUT2D eigenvalue weighted by Crippen LogP contribution is -2.18. The minimum atomic E-state index is -0.387. The third-order valence-electron chi connectivity index (χ3n) is 3.04. The first kappa shape index (κ1) is 13.2. The van der Waals surface area contributed by atoms with Gasteiger partial charge < -0.3 is 5.32 Å². The number of non-ortho nitro benzene ring substituents is 1. The summed E-state index contributed by atoms with van der Waals surface area (Å²) >= 11 is 0. The molecule has 1 aromatic carbocycles. The van der Waals surface area contributed by atoms with Crippen molar-refractivity contribution in [3.05, 3.63) is 70.0 Å². The molecule has 5 heteroatoms. The summed E-state index contributed by atoms with van der Waals surface area (Å²) in [6, 6.07) is 10.8. The van der Waals surface area contributed by atoms with Gasteiger partial charge in [0, 0.05) is 30.6 Å². The molecule has 2 rings (SSSR count). The van der Waals surface area contributed by atoms with Crippen LogP contribution >= 0.6 is 0 Å². The number of benzene rings is 1. The van der Waals surface area contributed by atoms with E-state index in [-0.39, 0.29) is 16.7 Å². The van der Waals surface area contributed by atoms with E-state index < -0.39 is 0 Å². The van der Waals surface area contributed by atoms with Crippen LogP contribution in [0.15, 0.2) is 48.8 Å². The molecular weight excluding hydrogens is 242 g/mol. The largest absolute Gasteiger partial charge is 0.313 e. The summed E-state index contributed by atoms with van der Waals surface area (Å²) in [7, 11) is 1.90. The van der Waals surface area contributed by atoms with Crippen LogP contribution in [0.2, 0.25) is 0 Å². The van der Waals surface area contributed by atoms with Gasteiger partial charge in [0.05, 0.1) is 4.92 Å². The second-order valence-corrected chi connectivity index (χ2v) is 4.25. The van der Waals surface area contributed by atoms with Crippen LogP contribution < -0.4 is 5.32 Å². The topological polar surface area (TPSA) is 68.1 Å². The molecular formula is C14H15N3O2. The number of hydrogen-bond acceptors (Lipinski definition) is 4. The molecule has 0 aliphatic heterocycles. The number of pyridine rings is 1. The Kier molecular flexibility index (Phi) is 4.20. The van der Waals surface area contributed by atoms with Crippen molar-refractivity contribution in [2.45, 2.75) is 12.5 Å². The third-order valence-corrected chi connectivity index (χ3v) is 3.04. The minimum absolute atomic E-state index is 0.119. The Labute approximate surface area is 111 Å². The quantitative estimate of drug-likeness (QED) is 0.660. The highest BCUT2D eigenvalue weighted by Gasteiger charge is 2.11. The third kappa shape index (κ3) is 3.35. The molecule has 1 atom stereocenters. The highest BCUT2D eigenvalue weighted by Crippen LogP contribution is 2.19. The van der Waals surface area contributed by atoms with Crippen molar-refractivity contribution in [2.75, 3.05) is 7.05 Å². The lowest BCUT2D eigenvalue weighted by molar-refractivity contribution is -0.384. The van der Waals surface area contributed by atoms with Crippen LogP contribution in [0.5, 0.6) is 0 Å². The van der Waals surface area contributed by atoms with Gasteiger partial charge >= 0.3 is 0 Å². The Morgan fingerprint density at radius 2 is 1.84 bits per heavy atom. The zero-order valence-corrected chi connectivity index (χ0v) is 10.6. The Hall–Kier alpha value is -2.27. The van der Waals surface area contributed by atoms with E-state index in [2.05, 4.69) is 10.3 Å². The Bertz CT molecular complexity index is 540. The van der Waals surface area contributed by atoms with Crippen molar-refractivity contribution >= 4 is 5.69 Å². The average molecular weight is 257 g/mol. The molecule has 1 unspecified atom stereocenters. The zero-order chi connectivity index (χ0) is 13.7. The standard InChI is InChI=1S/C14H15N3O2/c1-15-14(12-6-8-16-9-7-12)10-11-2-4-13(5-3-11)17(18)19/h2-9,14-15H,10H2,1H3. The van der Waals surface area contributed by atoms with Crippen LogP contribution in [-0.4, -0.2) is 17.0 Å². The molecule has 0 aliphatic carbocycles. The van der Waals surface area contributed by atoms with E-state index in [1.807, 2.05) is 19.2 Å². The van der Waals surface area contributed by atoms with Crippen LogP contribution in [-0.2, 0) is 6.42 Å². The maximum Gasteiger partial charge on any atom is 0.269 e. The SMILES string of the molecule is CNC(Cc1ccc([N+](=O)[O-])cc1)c1ccncc1. The van der Waals surface area contributed by atoms with Crippen molar-refractivity contribution in [1.82, 2.24) is 10.3 Å². The highest BCUT2D eigenvalue weighted by atomic mass is 16.6. The van der Waals surface area contributed by atoms with Crippen LogP contribution in [0.3, 0.4) is 0 Å². The molecule has 1 N–H and O–H groups in total. The smallest absolute Gasteiger partial charge is 0.269 e. The van der Waals surface area contributed by atoms with Gasteiger partial charge in [0.2, 0.25) is 0 Å². The van der Waals surface area contributed by atoms with Crippen LogP contribution in [0.4, 0.5) is 5.69 Å². The van der Waals surface area contributed by atoms with Crippen molar-refractivity contribution in [3.8, 4) is 0 Å². The highest BCUT2D eigenvalue weighted by molar-refractivity contribution is 5.33. The van der Waals surface area contributed by atoms with Crippen molar-refractivity contribution in [3.63, 3.8) is 0 Å². The van der Waals surface area contributed by atoms with Crippen molar-refractivity contribution in [1.29, 1.82) is 0 Å². The van der Waals surface area contributed by atoms with E-state index in [9.17, 15) is 10.1 Å². The molecule has 0 saturated carbocycles. The molecule has 0 spiro atoms. The molecule has 2 aromatic rings. The first-order valence-corrected chi connectivity index (χ1v) is 6.01. The normalized spacial score (nSPS) is 12.1. The van der Waals surface area contributed by atoms with Crippen molar-refractivity contribution < 1.29 is 4.92 Å². The van der Waals surface area contributed by atoms with Crippen molar-refractivity contribution in [2.24, 2.45) is 0 Å². The lowest BCUT2D eigenvalue weighted by atomic mass is 10.00. The van der Waals surface area contributed by atoms with Gasteiger partial charge in [-0.15, -0.1) is 0 Å². The fraction of sp³-hybridized carbons (Fsp3) is 0.214. The molecule has 0 bridgehead atoms. The maximum atomic E-state index is 10.6. The Morgan fingerprint density at radius 3 is 2.37 bits per heavy atom. The number of nitrogens with zero attached hydrogens (tertiary/aromatic N) is 2. The number of hydrogen-bond donors (Lipinski definition) is 1. The molecule has 98 valence electrons. The summed E-state index contributed by atoms with van der Waals surface area (Å²) in [5.41, 5.74) is 2.33. The predicted octanol–water partition coefficient (Wildman–Crippen LogP) is 2.49. The summed E-state index contributed by atoms with van der Waals surface area (Å²) in [4.78, 5) is 14.2. The van der Waals surface area contributed by atoms with Gasteiger partial charge in [-0.05, 0) is 36.7 Å². The summed E-state index contributed by atoms with van der Waals surface area (Å²) in [6.45, 7) is 0. The number of likely N-dealkylation sites (N-methyl/N-ethyl adjacent to an activating group) is 1. The van der Waals surface area contributed by atoms with Crippen LogP contribution in [0.25, 0.3) is 0 Å². The molecule has 0 amide bonds. The zero-order valence-electron chi connectivity index (χ0n) is 10.6. The Morgan fingerprint density at radius 1 is 1.21 bits per heavy atom. The molecule has 19 heavy (non-hydrogen) atoms. The molecule has 1 heterocycles. The van der Waals surface area contributed by atoms with E-state index in [1.165, 1.54) is 12.1 Å². The fourth-order valence-corrected chi connectivity index (χ4v) is 1.97. The molecule has 0 aliphatic rings. The predicted molar refractivity (Wildman–Crippen MR) is 72.8 cm³/mol. The van der Waals surface area contributed by atoms with Gasteiger partial charge in [-0.3, -0.25) is 15.1 Å². The van der Waals surface area contributed by atoms with Gasteiger partial charge in [0.15, 0.2) is 0 Å². The minimum Gasteiger partial charge on any atom is -0.313 e. The fourth-order valence-electron chi connectivity index (χ4n) is 1.97. The monoisotopic (exact) mass is 257 g/mol. The number of nitrogens with one attached hydrogen (secondary N) is 1.